The molecule has 0 saturated carbocycles. The van der Waals surface area contributed by atoms with Gasteiger partial charge >= 0.3 is 5.97 Å². The maximum absolute atomic E-state index is 11.4. The fraction of sp³-hybridized carbons (Fsp3) is 0.960. The van der Waals surface area contributed by atoms with Gasteiger partial charge in [0.2, 0.25) is 0 Å². The summed E-state index contributed by atoms with van der Waals surface area (Å²) in [6.07, 6.45) is 2.16. The first-order chi connectivity index (χ1) is 18.6. The van der Waals surface area contributed by atoms with E-state index in [1.165, 1.54) is 12.5 Å². The molecule has 40 heavy (non-hydrogen) atoms. The predicted molar refractivity (Wildman–Crippen MR) is 169 cm³/mol. The van der Waals surface area contributed by atoms with Crippen LogP contribution in [0, 0.1) is 0 Å². The number of carbonyl (C=O) groups is 1. The number of rotatable bonds is 20. The van der Waals surface area contributed by atoms with Gasteiger partial charge in [0.1, 0.15) is 26.6 Å². The van der Waals surface area contributed by atoms with Crippen molar-refractivity contribution in [2.75, 3.05) is 70.4 Å². The number of ether oxygens (including phenoxy) is 3. The molecule has 0 amide bonds. The molecule has 242 valence electrons. The summed E-state index contributed by atoms with van der Waals surface area (Å²) in [4.78, 5) is 11.4. The third-order valence-corrected chi connectivity index (χ3v) is 15.4. The van der Waals surface area contributed by atoms with E-state index in [9.17, 15) is 4.79 Å². The molecule has 1 aliphatic heterocycles. The van der Waals surface area contributed by atoms with Crippen molar-refractivity contribution in [3.8, 4) is 0 Å². The number of hydrogen-bond donors (Lipinski definition) is 7. The van der Waals surface area contributed by atoms with Crippen molar-refractivity contribution in [3.05, 3.63) is 0 Å². The van der Waals surface area contributed by atoms with E-state index >= 15 is 0 Å². The fourth-order valence-electron chi connectivity index (χ4n) is 3.12. The van der Waals surface area contributed by atoms with Gasteiger partial charge in [0, 0.05) is 52.1 Å². The molecule has 8 N–H and O–H groups in total. The summed E-state index contributed by atoms with van der Waals surface area (Å²) < 4.78 is 14.6. The lowest BCUT2D eigenvalue weighted by atomic mass is 10.2. The summed E-state index contributed by atoms with van der Waals surface area (Å²) in [5.74, 6) is -0.346. The number of alkyl halides is 1. The number of aliphatic hydroxyl groups is 6. The Bertz CT molecular complexity index is 610. The maximum Gasteiger partial charge on any atom is 0.322 e. The highest BCUT2D eigenvalue weighted by atomic mass is 79.9. The second kappa shape index (κ2) is 22.7. The first kappa shape index (κ1) is 42.4. The lowest BCUT2D eigenvalue weighted by molar-refractivity contribution is -0.145. The van der Waals surface area contributed by atoms with E-state index in [1.54, 1.807) is 13.8 Å². The summed E-state index contributed by atoms with van der Waals surface area (Å²) in [7, 11) is -5.35. The van der Waals surface area contributed by atoms with Crippen LogP contribution in [0.25, 0.3) is 0 Å². The number of epoxide rings is 1. The van der Waals surface area contributed by atoms with Crippen LogP contribution in [0.2, 0.25) is 37.8 Å². The number of hydrogen-bond acceptors (Lipinski definition) is 11. The van der Waals surface area contributed by atoms with Gasteiger partial charge in [-0.15, -0.1) is 0 Å². The largest absolute Gasteiger partial charge is 0.465 e. The van der Waals surface area contributed by atoms with Crippen LogP contribution in [0.5, 0.6) is 0 Å². The molecule has 1 heterocycles. The molecular formula is C25H58BrNO10Si3. The summed E-state index contributed by atoms with van der Waals surface area (Å²) in [6, 6.07) is 2.61. The average Bonchev–Trinajstić information content (AvgIpc) is 3.75. The SMILES string of the molecule is CC(C)(Br)C(=O)OCCC[Si](CO)(CO)CO.C[Si](C)(C)CCCN.OC[Si](CO)(CO)CCCOCC1CO1. The number of esters is 1. The molecule has 1 fully saturated rings. The Labute approximate surface area is 252 Å². The van der Waals surface area contributed by atoms with E-state index in [4.69, 9.17) is 50.6 Å². The zero-order chi connectivity index (χ0) is 31.3. The van der Waals surface area contributed by atoms with Crippen molar-refractivity contribution in [3.63, 3.8) is 0 Å². The van der Waals surface area contributed by atoms with Crippen LogP contribution in [0.1, 0.15) is 33.1 Å². The number of aliphatic hydroxyl groups excluding tert-OH is 6. The van der Waals surface area contributed by atoms with Crippen molar-refractivity contribution in [2.24, 2.45) is 5.73 Å². The minimum absolute atomic E-state index is 0.0638. The highest BCUT2D eigenvalue weighted by Crippen LogP contribution is 2.18. The van der Waals surface area contributed by atoms with Gasteiger partial charge in [-0.3, -0.25) is 4.79 Å². The summed E-state index contributed by atoms with van der Waals surface area (Å²) in [5.41, 5.74) is 5.36. The smallest absolute Gasteiger partial charge is 0.322 e. The lowest BCUT2D eigenvalue weighted by Gasteiger charge is -2.24. The molecule has 0 aliphatic carbocycles. The fourth-order valence-corrected chi connectivity index (χ4v) is 7.84. The van der Waals surface area contributed by atoms with E-state index in [1.807, 2.05) is 0 Å². The molecule has 1 rings (SSSR count). The molecule has 15 heteroatoms. The van der Waals surface area contributed by atoms with Gasteiger partial charge < -0.3 is 50.6 Å². The maximum atomic E-state index is 11.4. The van der Waals surface area contributed by atoms with E-state index < -0.39 is 28.5 Å². The van der Waals surface area contributed by atoms with E-state index in [-0.39, 0.29) is 56.1 Å². The molecule has 0 aromatic rings. The Morgan fingerprint density at radius 1 is 0.850 bits per heavy atom. The van der Waals surface area contributed by atoms with Gasteiger partial charge in [-0.2, -0.15) is 0 Å². The van der Waals surface area contributed by atoms with Crippen molar-refractivity contribution >= 4 is 46.1 Å². The van der Waals surface area contributed by atoms with Crippen LogP contribution in [0.3, 0.4) is 0 Å². The third kappa shape index (κ3) is 21.9. The van der Waals surface area contributed by atoms with Crippen molar-refractivity contribution < 1.29 is 49.6 Å². The molecular weight excluding hydrogens is 638 g/mol. The minimum Gasteiger partial charge on any atom is -0.465 e. The van der Waals surface area contributed by atoms with Gasteiger partial charge in [0.05, 0.1) is 19.8 Å². The third-order valence-electron chi connectivity index (χ3n) is 6.42. The van der Waals surface area contributed by atoms with Crippen molar-refractivity contribution in [1.82, 2.24) is 0 Å². The zero-order valence-corrected chi connectivity index (χ0v) is 30.0. The molecule has 1 unspecified atom stereocenters. The number of nitrogens with two attached hydrogens (primary N) is 1. The van der Waals surface area contributed by atoms with Crippen LogP contribution >= 0.6 is 15.9 Å². The molecule has 1 atom stereocenters. The van der Waals surface area contributed by atoms with Gasteiger partial charge in [0.15, 0.2) is 0 Å². The van der Waals surface area contributed by atoms with Crippen LogP contribution in [0.15, 0.2) is 0 Å². The zero-order valence-electron chi connectivity index (χ0n) is 25.4. The van der Waals surface area contributed by atoms with Gasteiger partial charge in [-0.05, 0) is 51.7 Å². The summed E-state index contributed by atoms with van der Waals surface area (Å²) in [6.45, 7) is 13.7. The Balaban J connectivity index is 0. The molecule has 1 saturated heterocycles. The highest BCUT2D eigenvalue weighted by Gasteiger charge is 2.32. The standard InChI is InChI=1S/C10H21BrO5Si.C9H20O5Si.C6H17NSi/c1-10(2,11)9(15)16-4-3-5-17(6-12,7-13)8-14;10-6-15(7-11,8-12)3-1-2-13-4-9-5-14-9;1-8(2,3)6-4-5-7/h12-14H,3-8H2,1-2H3;9-12H,1-8H2;4-7H2,1-3H3. The van der Waals surface area contributed by atoms with Gasteiger partial charge in [-0.25, -0.2) is 0 Å². The summed E-state index contributed by atoms with van der Waals surface area (Å²) >= 11 is 3.19. The average molecular weight is 697 g/mol. The number of halogens is 1. The molecule has 0 spiro atoms. The highest BCUT2D eigenvalue weighted by molar-refractivity contribution is 9.10. The Hall–Kier alpha value is 0.241. The monoisotopic (exact) mass is 695 g/mol. The topological polar surface area (TPSA) is 195 Å². The quantitative estimate of drug-likeness (QED) is 0.0311. The van der Waals surface area contributed by atoms with E-state index in [0.717, 1.165) is 19.6 Å². The van der Waals surface area contributed by atoms with E-state index in [0.29, 0.717) is 31.7 Å². The summed E-state index contributed by atoms with van der Waals surface area (Å²) in [5, 5.41) is 54.8. The van der Waals surface area contributed by atoms with Crippen LogP contribution in [-0.2, 0) is 19.0 Å². The van der Waals surface area contributed by atoms with Crippen LogP contribution < -0.4 is 5.73 Å². The van der Waals surface area contributed by atoms with Crippen molar-refractivity contribution in [1.29, 1.82) is 0 Å². The molecule has 0 bridgehead atoms. The van der Waals surface area contributed by atoms with Crippen LogP contribution in [-0.4, -0.2) is 142 Å². The van der Waals surface area contributed by atoms with Crippen LogP contribution in [0.4, 0.5) is 0 Å². The molecule has 0 radical (unpaired) electrons. The Morgan fingerprint density at radius 2 is 1.27 bits per heavy atom. The van der Waals surface area contributed by atoms with Gasteiger partial charge in [-0.1, -0.05) is 41.6 Å². The first-order valence-corrected chi connectivity index (χ1v) is 24.2. The Morgan fingerprint density at radius 3 is 1.57 bits per heavy atom. The number of carbonyl (C=O) groups excluding carboxylic acids is 1. The molecule has 11 nitrogen and oxygen atoms in total. The molecule has 0 aromatic carbocycles. The lowest BCUT2D eigenvalue weighted by Crippen LogP contribution is -2.48. The van der Waals surface area contributed by atoms with Gasteiger partial charge in [0.25, 0.3) is 0 Å². The Kier molecular flexibility index (Phi) is 24.1. The normalized spacial score (nSPS) is 15.5. The second-order valence-electron chi connectivity index (χ2n) is 12.2. The first-order valence-electron chi connectivity index (χ1n) is 14.0. The molecule has 1 aliphatic rings. The minimum atomic E-state index is -2.37. The van der Waals surface area contributed by atoms with Crippen molar-refractivity contribution in [2.45, 2.75) is 81.3 Å². The second-order valence-corrected chi connectivity index (χ2v) is 28.7. The molecule has 0 aromatic heterocycles. The van der Waals surface area contributed by atoms with E-state index in [2.05, 4.69) is 35.6 Å². The predicted octanol–water partition coefficient (Wildman–Crippen LogP) is 0.645.